The predicted octanol–water partition coefficient (Wildman–Crippen LogP) is 1.46. The van der Waals surface area contributed by atoms with Crippen LogP contribution in [0.4, 0.5) is 0 Å². The SMILES string of the molecule is CCCC(C)P(O)(=CCO)OC. The molecule has 0 saturated heterocycles. The first-order valence-corrected chi connectivity index (χ1v) is 6.02. The lowest BCUT2D eigenvalue weighted by Gasteiger charge is -2.24. The molecule has 12 heavy (non-hydrogen) atoms. The van der Waals surface area contributed by atoms with Crippen LogP contribution in [0.25, 0.3) is 0 Å². The van der Waals surface area contributed by atoms with Crippen LogP contribution in [0.5, 0.6) is 0 Å². The monoisotopic (exact) mass is 194 g/mol. The summed E-state index contributed by atoms with van der Waals surface area (Å²) >= 11 is 0. The zero-order valence-corrected chi connectivity index (χ0v) is 8.92. The van der Waals surface area contributed by atoms with Gasteiger partial charge in [-0.05, 0) is 12.2 Å². The van der Waals surface area contributed by atoms with E-state index in [1.165, 1.54) is 12.9 Å². The molecule has 2 atom stereocenters. The highest BCUT2D eigenvalue weighted by Gasteiger charge is 2.20. The van der Waals surface area contributed by atoms with E-state index in [4.69, 9.17) is 9.63 Å². The lowest BCUT2D eigenvalue weighted by Crippen LogP contribution is -2.08. The summed E-state index contributed by atoms with van der Waals surface area (Å²) in [7, 11) is -0.941. The van der Waals surface area contributed by atoms with Gasteiger partial charge in [-0.25, -0.2) is 0 Å². The molecule has 2 unspecified atom stereocenters. The molecule has 0 aromatic heterocycles. The maximum absolute atomic E-state index is 9.89. The minimum atomic E-state index is -2.43. The van der Waals surface area contributed by atoms with E-state index in [1.54, 1.807) is 0 Å². The van der Waals surface area contributed by atoms with Gasteiger partial charge < -0.3 is 14.5 Å². The maximum atomic E-state index is 9.89. The fourth-order valence-corrected chi connectivity index (χ4v) is 2.89. The Morgan fingerprint density at radius 1 is 1.58 bits per heavy atom. The van der Waals surface area contributed by atoms with Gasteiger partial charge in [0.2, 0.25) is 0 Å². The largest absolute Gasteiger partial charge is 0.392 e. The summed E-state index contributed by atoms with van der Waals surface area (Å²) in [6.07, 6.45) is 1.95. The molecular formula is C8H19O3P. The summed E-state index contributed by atoms with van der Waals surface area (Å²) in [5, 5.41) is 8.68. The summed E-state index contributed by atoms with van der Waals surface area (Å²) in [5.74, 6) is 1.49. The Bertz CT molecular complexity index is 168. The molecule has 2 N–H and O–H groups in total. The molecule has 0 aromatic rings. The molecule has 4 heteroatoms. The van der Waals surface area contributed by atoms with Crippen molar-refractivity contribution in [1.29, 1.82) is 0 Å². The van der Waals surface area contributed by atoms with Crippen LogP contribution in [0.15, 0.2) is 0 Å². The average molecular weight is 194 g/mol. The minimum absolute atomic E-state index is 0.119. The van der Waals surface area contributed by atoms with Gasteiger partial charge in [0.05, 0.1) is 6.61 Å². The first kappa shape index (κ1) is 12.2. The lowest BCUT2D eigenvalue weighted by molar-refractivity contribution is 0.354. The molecule has 0 aliphatic heterocycles. The molecule has 0 heterocycles. The molecule has 0 rings (SSSR count). The van der Waals surface area contributed by atoms with E-state index in [1.807, 2.05) is 6.92 Å². The normalized spacial score (nSPS) is 18.4. The molecule has 0 spiro atoms. The first-order valence-electron chi connectivity index (χ1n) is 4.22. The van der Waals surface area contributed by atoms with Gasteiger partial charge in [-0.15, -0.1) is 0 Å². The quantitative estimate of drug-likeness (QED) is 0.651. The molecule has 74 valence electrons. The zero-order valence-electron chi connectivity index (χ0n) is 8.03. The van der Waals surface area contributed by atoms with Crippen molar-refractivity contribution in [1.82, 2.24) is 0 Å². The van der Waals surface area contributed by atoms with Crippen LogP contribution >= 0.6 is 7.34 Å². The minimum Gasteiger partial charge on any atom is -0.392 e. The molecule has 0 bridgehead atoms. The zero-order chi connectivity index (χ0) is 9.61. The highest BCUT2D eigenvalue weighted by molar-refractivity contribution is 7.65. The maximum Gasteiger partial charge on any atom is 0.122 e. The van der Waals surface area contributed by atoms with E-state index in [9.17, 15) is 4.89 Å². The molecule has 0 amide bonds. The third kappa shape index (κ3) is 3.28. The summed E-state index contributed by atoms with van der Waals surface area (Å²) in [6, 6.07) is 0. The molecule has 0 fully saturated rings. The molecule has 0 radical (unpaired) electrons. The van der Waals surface area contributed by atoms with Gasteiger partial charge in [0, 0.05) is 12.8 Å². The molecule has 3 nitrogen and oxygen atoms in total. The fourth-order valence-electron chi connectivity index (χ4n) is 1.15. The number of rotatable bonds is 5. The van der Waals surface area contributed by atoms with Crippen LogP contribution in [0.1, 0.15) is 26.7 Å². The average Bonchev–Trinajstić information content (AvgIpc) is 2.05. The lowest BCUT2D eigenvalue weighted by atomic mass is 10.3. The van der Waals surface area contributed by atoms with Crippen LogP contribution in [-0.4, -0.2) is 35.2 Å². The second-order valence-electron chi connectivity index (χ2n) is 2.86. The first-order chi connectivity index (χ1) is 5.60. The molecule has 0 aliphatic rings. The Labute approximate surface area is 74.5 Å². The van der Waals surface area contributed by atoms with Crippen molar-refractivity contribution < 1.29 is 14.5 Å². The van der Waals surface area contributed by atoms with E-state index in [-0.39, 0.29) is 12.3 Å². The van der Waals surface area contributed by atoms with Crippen molar-refractivity contribution in [3.8, 4) is 0 Å². The van der Waals surface area contributed by atoms with Gasteiger partial charge >= 0.3 is 0 Å². The van der Waals surface area contributed by atoms with Crippen molar-refractivity contribution in [2.75, 3.05) is 13.7 Å². The van der Waals surface area contributed by atoms with E-state index in [0.717, 1.165) is 12.8 Å². The van der Waals surface area contributed by atoms with Crippen LogP contribution in [0, 0.1) is 0 Å². The summed E-state index contributed by atoms with van der Waals surface area (Å²) in [5.41, 5.74) is 0.125. The van der Waals surface area contributed by atoms with Gasteiger partial charge in [0.1, 0.15) is 7.34 Å². The van der Waals surface area contributed by atoms with Crippen molar-refractivity contribution in [2.24, 2.45) is 0 Å². The Morgan fingerprint density at radius 3 is 2.50 bits per heavy atom. The van der Waals surface area contributed by atoms with Gasteiger partial charge in [0.25, 0.3) is 0 Å². The van der Waals surface area contributed by atoms with Crippen LogP contribution in [0.2, 0.25) is 0 Å². The standard InChI is InChI=1S/C8H19O3P/c1-4-5-8(2)12(10,11-3)7-6-9/h7-10H,4-6H2,1-3H3. The number of aliphatic hydroxyl groups excluding tert-OH is 1. The third-order valence-corrected chi connectivity index (χ3v) is 4.77. The van der Waals surface area contributed by atoms with E-state index < -0.39 is 7.34 Å². The topological polar surface area (TPSA) is 49.7 Å². The van der Waals surface area contributed by atoms with Gasteiger partial charge in [0.15, 0.2) is 0 Å². The second-order valence-corrected chi connectivity index (χ2v) is 5.81. The summed E-state index contributed by atoms with van der Waals surface area (Å²) in [6.45, 7) is 3.90. The van der Waals surface area contributed by atoms with Crippen LogP contribution in [0.3, 0.4) is 0 Å². The van der Waals surface area contributed by atoms with Crippen molar-refractivity contribution >= 4 is 13.1 Å². The summed E-state index contributed by atoms with van der Waals surface area (Å²) in [4.78, 5) is 9.89. The predicted molar refractivity (Wildman–Crippen MR) is 53.7 cm³/mol. The van der Waals surface area contributed by atoms with Gasteiger partial charge in [-0.3, -0.25) is 0 Å². The van der Waals surface area contributed by atoms with Gasteiger partial charge in [-0.2, -0.15) is 0 Å². The van der Waals surface area contributed by atoms with E-state index in [2.05, 4.69) is 6.92 Å². The van der Waals surface area contributed by atoms with Crippen molar-refractivity contribution in [2.45, 2.75) is 32.3 Å². The van der Waals surface area contributed by atoms with E-state index >= 15 is 0 Å². The Kier molecular flexibility index (Phi) is 5.85. The highest BCUT2D eigenvalue weighted by atomic mass is 31.2. The second kappa shape index (κ2) is 5.76. The number of hydrogen-bond donors (Lipinski definition) is 2. The van der Waals surface area contributed by atoms with Crippen LogP contribution in [-0.2, 0) is 4.52 Å². The summed E-state index contributed by atoms with van der Waals surface area (Å²) < 4.78 is 5.04. The number of aliphatic hydroxyl groups is 1. The Hall–Kier alpha value is 0.180. The smallest absolute Gasteiger partial charge is 0.122 e. The fraction of sp³-hybridized carbons (Fsp3) is 0.875. The van der Waals surface area contributed by atoms with Crippen molar-refractivity contribution in [3.05, 3.63) is 0 Å². The molecule has 0 aliphatic carbocycles. The Balaban J connectivity index is 4.40. The van der Waals surface area contributed by atoms with Crippen molar-refractivity contribution in [3.63, 3.8) is 0 Å². The van der Waals surface area contributed by atoms with Gasteiger partial charge in [-0.1, -0.05) is 20.3 Å². The molecule has 0 saturated carbocycles. The third-order valence-electron chi connectivity index (χ3n) is 1.97. The van der Waals surface area contributed by atoms with E-state index in [0.29, 0.717) is 0 Å². The molecule has 0 aromatic carbocycles. The molecular weight excluding hydrogens is 175 g/mol. The highest BCUT2D eigenvalue weighted by Crippen LogP contribution is 2.49. The van der Waals surface area contributed by atoms with Crippen LogP contribution < -0.4 is 0 Å². The number of hydrogen-bond acceptors (Lipinski definition) is 3. The Morgan fingerprint density at radius 2 is 2.17 bits per heavy atom.